The van der Waals surface area contributed by atoms with Crippen LogP contribution in [0.5, 0.6) is 0 Å². The van der Waals surface area contributed by atoms with Crippen molar-refractivity contribution in [2.75, 3.05) is 31.1 Å². The maximum absolute atomic E-state index is 5.61. The van der Waals surface area contributed by atoms with Gasteiger partial charge in [-0.25, -0.2) is 9.98 Å². The molecule has 1 aromatic rings. The minimum atomic E-state index is 0. The number of nitrogens with zero attached hydrogens (tertiary/aromatic N) is 3. The van der Waals surface area contributed by atoms with Gasteiger partial charge in [0, 0.05) is 31.9 Å². The van der Waals surface area contributed by atoms with Crippen LogP contribution in [-0.2, 0) is 11.3 Å². The molecule has 26 heavy (non-hydrogen) atoms. The van der Waals surface area contributed by atoms with Crippen molar-refractivity contribution >= 4 is 35.8 Å². The van der Waals surface area contributed by atoms with Crippen molar-refractivity contribution in [2.45, 2.75) is 53.3 Å². The zero-order chi connectivity index (χ0) is 18.2. The van der Waals surface area contributed by atoms with Gasteiger partial charge in [0.25, 0.3) is 0 Å². The Kier molecular flexibility index (Phi) is 10.2. The number of hydrogen-bond acceptors (Lipinski definition) is 4. The van der Waals surface area contributed by atoms with Crippen LogP contribution in [0.25, 0.3) is 0 Å². The monoisotopic (exact) mass is 475 g/mol. The van der Waals surface area contributed by atoms with Gasteiger partial charge in [-0.05, 0) is 44.4 Å². The quantitative estimate of drug-likeness (QED) is 0.377. The summed E-state index contributed by atoms with van der Waals surface area (Å²) in [6.45, 7) is 14.8. The first kappa shape index (κ1) is 23.0. The lowest BCUT2D eigenvalue weighted by Crippen LogP contribution is -2.44. The molecule has 148 valence electrons. The van der Waals surface area contributed by atoms with Crippen molar-refractivity contribution in [3.8, 4) is 0 Å². The standard InChI is InChI=1S/C19H33N5O.HI/c1-6-20-19(23-16(5)14(2)3)22-12-17-7-8-21-18(11-17)24-9-10-25-15(4)13-24;/h7-8,11,14-16H,6,9-10,12-13H2,1-5H3,(H2,20,22,23);1H. The van der Waals surface area contributed by atoms with Gasteiger partial charge in [0.1, 0.15) is 5.82 Å². The zero-order valence-corrected chi connectivity index (χ0v) is 19.0. The van der Waals surface area contributed by atoms with E-state index in [9.17, 15) is 0 Å². The molecule has 7 heteroatoms. The molecule has 2 N–H and O–H groups in total. The summed E-state index contributed by atoms with van der Waals surface area (Å²) in [5.41, 5.74) is 1.17. The predicted octanol–water partition coefficient (Wildman–Crippen LogP) is 3.02. The fraction of sp³-hybridized carbons (Fsp3) is 0.684. The highest BCUT2D eigenvalue weighted by molar-refractivity contribution is 14.0. The molecule has 1 aromatic heterocycles. The molecule has 0 amide bonds. The molecular weight excluding hydrogens is 441 g/mol. The van der Waals surface area contributed by atoms with Crippen LogP contribution in [0, 0.1) is 5.92 Å². The summed E-state index contributed by atoms with van der Waals surface area (Å²) in [5, 5.41) is 6.79. The van der Waals surface area contributed by atoms with Gasteiger partial charge < -0.3 is 20.3 Å². The lowest BCUT2D eigenvalue weighted by molar-refractivity contribution is 0.0529. The molecule has 0 aliphatic carbocycles. The Morgan fingerprint density at radius 2 is 2.19 bits per heavy atom. The average molecular weight is 475 g/mol. The minimum Gasteiger partial charge on any atom is -0.375 e. The molecule has 0 bridgehead atoms. The topological polar surface area (TPSA) is 61.8 Å². The van der Waals surface area contributed by atoms with E-state index in [1.165, 1.54) is 5.56 Å². The molecule has 0 saturated carbocycles. The second-order valence-electron chi connectivity index (χ2n) is 7.02. The van der Waals surface area contributed by atoms with Crippen molar-refractivity contribution < 1.29 is 4.74 Å². The summed E-state index contributed by atoms with van der Waals surface area (Å²) in [4.78, 5) is 11.5. The van der Waals surface area contributed by atoms with E-state index >= 15 is 0 Å². The van der Waals surface area contributed by atoms with Crippen molar-refractivity contribution in [1.82, 2.24) is 15.6 Å². The third-order valence-electron chi connectivity index (χ3n) is 4.50. The number of anilines is 1. The number of hydrogen-bond donors (Lipinski definition) is 2. The van der Waals surface area contributed by atoms with Crippen LogP contribution in [0.3, 0.4) is 0 Å². The number of guanidine groups is 1. The van der Waals surface area contributed by atoms with E-state index in [0.717, 1.165) is 38.0 Å². The lowest BCUT2D eigenvalue weighted by Gasteiger charge is -2.32. The van der Waals surface area contributed by atoms with Gasteiger partial charge in [-0.15, -0.1) is 24.0 Å². The van der Waals surface area contributed by atoms with Gasteiger partial charge in [0.2, 0.25) is 0 Å². The molecular formula is C19H34IN5O. The summed E-state index contributed by atoms with van der Waals surface area (Å²) in [5.74, 6) is 2.43. The average Bonchev–Trinajstić information content (AvgIpc) is 2.60. The molecule has 2 rings (SSSR count). The van der Waals surface area contributed by atoms with Crippen molar-refractivity contribution in [3.63, 3.8) is 0 Å². The van der Waals surface area contributed by atoms with E-state index in [1.54, 1.807) is 0 Å². The number of nitrogens with one attached hydrogen (secondary N) is 2. The maximum atomic E-state index is 5.61. The van der Waals surface area contributed by atoms with Crippen molar-refractivity contribution in [3.05, 3.63) is 23.9 Å². The highest BCUT2D eigenvalue weighted by Crippen LogP contribution is 2.17. The number of aliphatic imine (C=N–C) groups is 1. The summed E-state index contributed by atoms with van der Waals surface area (Å²) in [6, 6.07) is 4.55. The van der Waals surface area contributed by atoms with Gasteiger partial charge in [-0.1, -0.05) is 13.8 Å². The van der Waals surface area contributed by atoms with Crippen molar-refractivity contribution in [1.29, 1.82) is 0 Å². The first-order valence-electron chi connectivity index (χ1n) is 9.36. The van der Waals surface area contributed by atoms with E-state index in [2.05, 4.69) is 61.2 Å². The third-order valence-corrected chi connectivity index (χ3v) is 4.50. The van der Waals surface area contributed by atoms with Gasteiger partial charge in [0.15, 0.2) is 5.96 Å². The first-order chi connectivity index (χ1) is 12.0. The normalized spacial score (nSPS) is 19.1. The van der Waals surface area contributed by atoms with Crippen LogP contribution >= 0.6 is 24.0 Å². The maximum Gasteiger partial charge on any atom is 0.191 e. The highest BCUT2D eigenvalue weighted by Gasteiger charge is 2.18. The van der Waals surface area contributed by atoms with E-state index in [-0.39, 0.29) is 30.1 Å². The second kappa shape index (κ2) is 11.6. The van der Waals surface area contributed by atoms with Crippen LogP contribution in [-0.4, -0.2) is 49.3 Å². The molecule has 1 aliphatic heterocycles. The van der Waals surface area contributed by atoms with Crippen LogP contribution < -0.4 is 15.5 Å². The molecule has 0 aromatic carbocycles. The zero-order valence-electron chi connectivity index (χ0n) is 16.7. The van der Waals surface area contributed by atoms with Gasteiger partial charge in [-0.3, -0.25) is 0 Å². The number of ether oxygens (including phenoxy) is 1. The Bertz CT molecular complexity index is 567. The molecule has 2 heterocycles. The number of halogens is 1. The van der Waals surface area contributed by atoms with E-state index < -0.39 is 0 Å². The molecule has 2 atom stereocenters. The van der Waals surface area contributed by atoms with E-state index in [1.807, 2.05) is 12.3 Å². The Morgan fingerprint density at radius 1 is 1.42 bits per heavy atom. The number of aromatic nitrogens is 1. The minimum absolute atomic E-state index is 0. The molecule has 1 saturated heterocycles. The Morgan fingerprint density at radius 3 is 2.85 bits per heavy atom. The Labute approximate surface area is 175 Å². The SMILES string of the molecule is CCNC(=NCc1ccnc(N2CCOC(C)C2)c1)NC(C)C(C)C.I. The molecule has 0 radical (unpaired) electrons. The van der Waals surface area contributed by atoms with Crippen LogP contribution in [0.2, 0.25) is 0 Å². The van der Waals surface area contributed by atoms with E-state index in [4.69, 9.17) is 9.73 Å². The van der Waals surface area contributed by atoms with Crippen LogP contribution in [0.4, 0.5) is 5.82 Å². The molecule has 6 nitrogen and oxygen atoms in total. The largest absolute Gasteiger partial charge is 0.375 e. The van der Waals surface area contributed by atoms with Gasteiger partial charge in [-0.2, -0.15) is 0 Å². The van der Waals surface area contributed by atoms with Crippen LogP contribution in [0.1, 0.15) is 40.2 Å². The molecule has 2 unspecified atom stereocenters. The van der Waals surface area contributed by atoms with Crippen LogP contribution in [0.15, 0.2) is 23.3 Å². The first-order valence-corrected chi connectivity index (χ1v) is 9.36. The summed E-state index contributed by atoms with van der Waals surface area (Å²) in [6.07, 6.45) is 2.12. The molecule has 1 aliphatic rings. The third kappa shape index (κ3) is 7.26. The van der Waals surface area contributed by atoms with Crippen molar-refractivity contribution in [2.24, 2.45) is 10.9 Å². The second-order valence-corrected chi connectivity index (χ2v) is 7.02. The summed E-state index contributed by atoms with van der Waals surface area (Å²) in [7, 11) is 0. The lowest BCUT2D eigenvalue weighted by atomic mass is 10.1. The fourth-order valence-electron chi connectivity index (χ4n) is 2.63. The molecule has 1 fully saturated rings. The van der Waals surface area contributed by atoms with E-state index in [0.29, 0.717) is 18.5 Å². The predicted molar refractivity (Wildman–Crippen MR) is 120 cm³/mol. The fourth-order valence-corrected chi connectivity index (χ4v) is 2.63. The summed E-state index contributed by atoms with van der Waals surface area (Å²) < 4.78 is 5.61. The smallest absolute Gasteiger partial charge is 0.191 e. The highest BCUT2D eigenvalue weighted by atomic mass is 127. The Hall–Kier alpha value is -1.09. The van der Waals surface area contributed by atoms with Gasteiger partial charge in [0.05, 0.1) is 19.3 Å². The van der Waals surface area contributed by atoms with Gasteiger partial charge >= 0.3 is 0 Å². The summed E-state index contributed by atoms with van der Waals surface area (Å²) >= 11 is 0. The number of rotatable bonds is 6. The number of pyridine rings is 1. The number of morpholine rings is 1. The molecule has 0 spiro atoms. The Balaban J connectivity index is 0.00000338.